The zero-order valence-corrected chi connectivity index (χ0v) is 21.5. The molecule has 3 heterocycles. The maximum absolute atomic E-state index is 13.8. The maximum atomic E-state index is 13.8. The molecule has 1 fully saturated rings. The Labute approximate surface area is 215 Å². The van der Waals surface area contributed by atoms with E-state index < -0.39 is 12.1 Å². The van der Waals surface area contributed by atoms with E-state index in [9.17, 15) is 9.59 Å². The van der Waals surface area contributed by atoms with Gasteiger partial charge >= 0.3 is 0 Å². The van der Waals surface area contributed by atoms with Crippen LogP contribution in [0.5, 0.6) is 17.2 Å². The van der Waals surface area contributed by atoms with Crippen molar-refractivity contribution >= 4 is 22.7 Å². The van der Waals surface area contributed by atoms with Gasteiger partial charge < -0.3 is 34.1 Å². The van der Waals surface area contributed by atoms with Gasteiger partial charge in [-0.3, -0.25) is 9.59 Å². The summed E-state index contributed by atoms with van der Waals surface area (Å²) in [5, 5.41) is 10.1. The number of hydrogen-bond donors (Lipinski definition) is 2. The van der Waals surface area contributed by atoms with Crippen molar-refractivity contribution in [2.45, 2.75) is 37.8 Å². The fourth-order valence-electron chi connectivity index (χ4n) is 5.71. The summed E-state index contributed by atoms with van der Waals surface area (Å²) < 4.78 is 16.7. The molecule has 9 heteroatoms. The summed E-state index contributed by atoms with van der Waals surface area (Å²) >= 11 is 0. The summed E-state index contributed by atoms with van der Waals surface area (Å²) in [4.78, 5) is 34.4. The van der Waals surface area contributed by atoms with Crippen molar-refractivity contribution in [2.24, 2.45) is 0 Å². The molecule has 0 aliphatic carbocycles. The molecular formula is C28H33N3O6. The number of hydrogen-bond acceptors (Lipinski definition) is 6. The van der Waals surface area contributed by atoms with Crippen LogP contribution in [-0.4, -0.2) is 78.8 Å². The molecule has 2 atom stereocenters. The van der Waals surface area contributed by atoms with Gasteiger partial charge in [0.05, 0.1) is 33.9 Å². The van der Waals surface area contributed by atoms with E-state index in [4.69, 9.17) is 19.3 Å². The first-order valence-electron chi connectivity index (χ1n) is 12.6. The van der Waals surface area contributed by atoms with Crippen LogP contribution in [0, 0.1) is 0 Å². The van der Waals surface area contributed by atoms with E-state index in [1.54, 1.807) is 31.1 Å². The second-order valence-corrected chi connectivity index (χ2v) is 9.49. The third-order valence-electron chi connectivity index (χ3n) is 7.43. The molecule has 0 unspecified atom stereocenters. The number of aromatic amines is 1. The normalized spacial score (nSPS) is 19.1. The van der Waals surface area contributed by atoms with Gasteiger partial charge in [-0.2, -0.15) is 0 Å². The van der Waals surface area contributed by atoms with Gasteiger partial charge in [0.25, 0.3) is 0 Å². The second kappa shape index (κ2) is 10.3. The van der Waals surface area contributed by atoms with Crippen molar-refractivity contribution in [1.29, 1.82) is 0 Å². The van der Waals surface area contributed by atoms with Gasteiger partial charge in [0.1, 0.15) is 6.04 Å². The smallest absolute Gasteiger partial charge is 0.246 e. The van der Waals surface area contributed by atoms with Crippen LogP contribution >= 0.6 is 0 Å². The lowest BCUT2D eigenvalue weighted by atomic mass is 9.86. The van der Waals surface area contributed by atoms with Gasteiger partial charge in [0.15, 0.2) is 11.5 Å². The number of aliphatic hydroxyl groups excluding tert-OH is 1. The second-order valence-electron chi connectivity index (χ2n) is 9.49. The number of carbonyl (C=O) groups excluding carboxylic acids is 2. The molecule has 2 aliphatic heterocycles. The molecule has 0 saturated carbocycles. The number of rotatable bonds is 9. The number of nitrogens with one attached hydrogen (secondary N) is 1. The lowest BCUT2D eigenvalue weighted by Gasteiger charge is -2.47. The van der Waals surface area contributed by atoms with Crippen LogP contribution in [-0.2, 0) is 16.0 Å². The number of methoxy groups -OCH3 is 3. The lowest BCUT2D eigenvalue weighted by Crippen LogP contribution is -2.63. The Morgan fingerprint density at radius 2 is 1.73 bits per heavy atom. The topological polar surface area (TPSA) is 104 Å². The first-order chi connectivity index (χ1) is 18.0. The molecule has 1 aromatic heterocycles. The molecule has 9 nitrogen and oxygen atoms in total. The minimum absolute atomic E-state index is 0.0327. The molecular weight excluding hydrogens is 474 g/mol. The highest BCUT2D eigenvalue weighted by Gasteiger charge is 2.48. The van der Waals surface area contributed by atoms with Crippen molar-refractivity contribution in [3.63, 3.8) is 0 Å². The third-order valence-corrected chi connectivity index (χ3v) is 7.43. The Kier molecular flexibility index (Phi) is 6.97. The van der Waals surface area contributed by atoms with Crippen molar-refractivity contribution < 1.29 is 28.9 Å². The highest BCUT2D eigenvalue weighted by atomic mass is 16.5. The van der Waals surface area contributed by atoms with Crippen LogP contribution in [0.1, 0.15) is 42.1 Å². The Morgan fingerprint density at radius 3 is 2.41 bits per heavy atom. The Bertz CT molecular complexity index is 1290. The first kappa shape index (κ1) is 25.0. The lowest BCUT2D eigenvalue weighted by molar-refractivity contribution is -0.158. The van der Waals surface area contributed by atoms with Gasteiger partial charge in [0, 0.05) is 36.2 Å². The number of carbonyl (C=O) groups is 2. The van der Waals surface area contributed by atoms with E-state index in [1.807, 2.05) is 36.4 Å². The van der Waals surface area contributed by atoms with E-state index in [0.29, 0.717) is 36.6 Å². The van der Waals surface area contributed by atoms with Gasteiger partial charge in [-0.1, -0.05) is 18.2 Å². The number of fused-ring (bicyclic) bond motifs is 4. The fourth-order valence-corrected chi connectivity index (χ4v) is 5.71. The molecule has 2 aliphatic rings. The summed E-state index contributed by atoms with van der Waals surface area (Å²) in [6.45, 7) is 0.665. The molecule has 2 aromatic carbocycles. The number of para-hydroxylation sites is 1. The van der Waals surface area contributed by atoms with E-state index in [0.717, 1.165) is 40.6 Å². The zero-order valence-electron chi connectivity index (χ0n) is 21.5. The monoisotopic (exact) mass is 507 g/mol. The SMILES string of the molecule is COc1cc([C@H]2c3[nH]c4ccccc4c3C[C@H]3C(=O)N(CCCCCO)CC(=O)N23)cc(OC)c1OC. The number of unbranched alkanes of at least 4 members (excludes halogenated alkanes) is 2. The highest BCUT2D eigenvalue weighted by Crippen LogP contribution is 2.47. The van der Waals surface area contributed by atoms with Crippen LogP contribution in [0.4, 0.5) is 0 Å². The summed E-state index contributed by atoms with van der Waals surface area (Å²) in [5.74, 6) is 1.29. The molecule has 2 N–H and O–H groups in total. The summed E-state index contributed by atoms with van der Waals surface area (Å²) in [5.41, 5.74) is 3.67. The summed E-state index contributed by atoms with van der Waals surface area (Å²) in [6.07, 6.45) is 2.69. The Hall–Kier alpha value is -3.72. The quantitative estimate of drug-likeness (QED) is 0.432. The summed E-state index contributed by atoms with van der Waals surface area (Å²) in [6, 6.07) is 10.6. The molecule has 5 rings (SSSR count). The largest absolute Gasteiger partial charge is 0.493 e. The Balaban J connectivity index is 1.63. The van der Waals surface area contributed by atoms with E-state index in [1.165, 1.54) is 0 Å². The van der Waals surface area contributed by atoms with Crippen LogP contribution < -0.4 is 14.2 Å². The summed E-state index contributed by atoms with van der Waals surface area (Å²) in [7, 11) is 4.67. The predicted molar refractivity (Wildman–Crippen MR) is 138 cm³/mol. The van der Waals surface area contributed by atoms with E-state index in [-0.39, 0.29) is 25.0 Å². The molecule has 0 radical (unpaired) electrons. The molecule has 0 bridgehead atoms. The van der Waals surface area contributed by atoms with Crippen molar-refractivity contribution in [3.05, 3.63) is 53.2 Å². The maximum Gasteiger partial charge on any atom is 0.246 e. The number of aromatic nitrogens is 1. The minimum Gasteiger partial charge on any atom is -0.493 e. The Morgan fingerprint density at radius 1 is 1.00 bits per heavy atom. The van der Waals surface area contributed by atoms with Crippen LogP contribution in [0.15, 0.2) is 36.4 Å². The van der Waals surface area contributed by atoms with Gasteiger partial charge in [-0.15, -0.1) is 0 Å². The number of nitrogens with zero attached hydrogens (tertiary/aromatic N) is 2. The molecule has 2 amide bonds. The molecule has 0 spiro atoms. The molecule has 3 aromatic rings. The first-order valence-corrected chi connectivity index (χ1v) is 12.6. The van der Waals surface area contributed by atoms with Crippen LogP contribution in [0.2, 0.25) is 0 Å². The molecule has 37 heavy (non-hydrogen) atoms. The number of H-pyrrole nitrogens is 1. The average Bonchev–Trinajstić information content (AvgIpc) is 3.30. The molecule has 196 valence electrons. The molecule has 1 saturated heterocycles. The van der Waals surface area contributed by atoms with E-state index >= 15 is 0 Å². The number of benzene rings is 2. The fraction of sp³-hybridized carbons (Fsp3) is 0.429. The number of amides is 2. The average molecular weight is 508 g/mol. The predicted octanol–water partition coefficient (Wildman–Crippen LogP) is 3.04. The van der Waals surface area contributed by atoms with E-state index in [2.05, 4.69) is 4.98 Å². The number of ether oxygens (including phenoxy) is 3. The number of piperazine rings is 1. The van der Waals surface area contributed by atoms with Crippen LogP contribution in [0.25, 0.3) is 10.9 Å². The minimum atomic E-state index is -0.616. The van der Waals surface area contributed by atoms with Gasteiger partial charge in [-0.25, -0.2) is 0 Å². The number of aliphatic hydroxyl groups is 1. The standard InChI is InChI=1S/C28H33N3O6/c1-35-22-13-17(14-23(36-2)27(22)37-3)26-25-19(18-9-5-6-10-20(18)29-25)15-21-28(34)30(11-7-4-8-12-32)16-24(33)31(21)26/h5-6,9-10,13-14,21,26,29,32H,4,7-8,11-12,15-16H2,1-3H3/t21-,26-/m0/s1. The van der Waals surface area contributed by atoms with Crippen molar-refractivity contribution in [1.82, 2.24) is 14.8 Å². The van der Waals surface area contributed by atoms with Crippen LogP contribution in [0.3, 0.4) is 0 Å². The zero-order chi connectivity index (χ0) is 26.1. The third kappa shape index (κ3) is 4.27. The van der Waals surface area contributed by atoms with Crippen molar-refractivity contribution in [2.75, 3.05) is 41.0 Å². The van der Waals surface area contributed by atoms with Gasteiger partial charge in [0.2, 0.25) is 17.6 Å². The highest BCUT2D eigenvalue weighted by molar-refractivity contribution is 5.97. The van der Waals surface area contributed by atoms with Gasteiger partial charge in [-0.05, 0) is 48.6 Å². The van der Waals surface area contributed by atoms with Crippen molar-refractivity contribution in [3.8, 4) is 17.2 Å².